The Morgan fingerprint density at radius 3 is 2.57 bits per heavy atom. The van der Waals surface area contributed by atoms with Gasteiger partial charge in [0.2, 0.25) is 0 Å². The smallest absolute Gasteiger partial charge is 0.143 e. The predicted octanol–water partition coefficient (Wildman–Crippen LogP) is 2.63. The van der Waals surface area contributed by atoms with Gasteiger partial charge in [-0.1, -0.05) is 0 Å². The molecule has 1 aromatic carbocycles. The van der Waals surface area contributed by atoms with Gasteiger partial charge in [-0.15, -0.1) is 0 Å². The molecule has 4 saturated carbocycles. The zero-order valence-corrected chi connectivity index (χ0v) is 12.5. The molecule has 2 atom stereocenters. The summed E-state index contributed by atoms with van der Waals surface area (Å²) in [5.41, 5.74) is 7.26. The number of anilines is 2. The summed E-state index contributed by atoms with van der Waals surface area (Å²) in [6.07, 6.45) is 5.49. The fourth-order valence-electron chi connectivity index (χ4n) is 5.21. The molecular weight excluding hydrogens is 264 g/mol. The van der Waals surface area contributed by atoms with Crippen LogP contribution in [0.3, 0.4) is 0 Å². The summed E-state index contributed by atoms with van der Waals surface area (Å²) in [6, 6.07) is 6.38. The lowest BCUT2D eigenvalue weighted by Crippen LogP contribution is -2.58. The number of hydrogen-bond donors (Lipinski definition) is 3. The van der Waals surface area contributed by atoms with Gasteiger partial charge in [0, 0.05) is 17.8 Å². The highest BCUT2D eigenvalue weighted by atomic mass is 16.5. The Labute approximate surface area is 125 Å². The number of ether oxygens (including phenoxy) is 1. The van der Waals surface area contributed by atoms with Crippen LogP contribution in [0.25, 0.3) is 0 Å². The number of methoxy groups -OCH3 is 1. The Kier molecular flexibility index (Phi) is 2.86. The Hall–Kier alpha value is -1.42. The fraction of sp³-hybridized carbons (Fsp3) is 0.647. The Bertz CT molecular complexity index is 544. The minimum absolute atomic E-state index is 0.368. The van der Waals surface area contributed by atoms with Crippen molar-refractivity contribution in [3.63, 3.8) is 0 Å². The standard InChI is InChI=1S/C17H24N2O2/c1-21-15-6-13(2-3-14(15)18)19-16-11-4-10-5-12(16)9-17(20,7-10)8-11/h2-3,6,10-12,16,19-20H,4-5,7-9,18H2,1H3/t10?,11?,12?,16-,17-. The molecule has 0 amide bonds. The summed E-state index contributed by atoms with van der Waals surface area (Å²) in [4.78, 5) is 0. The van der Waals surface area contributed by atoms with Crippen molar-refractivity contribution in [3.05, 3.63) is 18.2 Å². The Morgan fingerprint density at radius 2 is 1.95 bits per heavy atom. The topological polar surface area (TPSA) is 67.5 Å². The van der Waals surface area contributed by atoms with E-state index in [1.807, 2.05) is 18.2 Å². The molecule has 114 valence electrons. The van der Waals surface area contributed by atoms with Crippen LogP contribution in [0.4, 0.5) is 11.4 Å². The van der Waals surface area contributed by atoms with Crippen LogP contribution in [0.1, 0.15) is 32.1 Å². The maximum absolute atomic E-state index is 10.6. The van der Waals surface area contributed by atoms with E-state index in [1.165, 1.54) is 12.8 Å². The van der Waals surface area contributed by atoms with Gasteiger partial charge in [-0.2, -0.15) is 0 Å². The first-order valence-corrected chi connectivity index (χ1v) is 7.99. The van der Waals surface area contributed by atoms with Crippen molar-refractivity contribution in [1.82, 2.24) is 0 Å². The van der Waals surface area contributed by atoms with Gasteiger partial charge >= 0.3 is 0 Å². The van der Waals surface area contributed by atoms with Crippen LogP contribution >= 0.6 is 0 Å². The molecule has 0 radical (unpaired) electrons. The highest BCUT2D eigenvalue weighted by molar-refractivity contribution is 5.61. The van der Waals surface area contributed by atoms with Crippen LogP contribution in [-0.2, 0) is 0 Å². The lowest BCUT2D eigenvalue weighted by molar-refractivity contribution is -0.129. The molecule has 0 spiro atoms. The molecular formula is C17H24N2O2. The highest BCUT2D eigenvalue weighted by Gasteiger charge is 2.54. The molecule has 5 rings (SSSR count). The minimum atomic E-state index is -0.368. The van der Waals surface area contributed by atoms with Gasteiger partial charge in [-0.3, -0.25) is 0 Å². The van der Waals surface area contributed by atoms with Crippen LogP contribution in [0.2, 0.25) is 0 Å². The maximum atomic E-state index is 10.6. The molecule has 0 aromatic heterocycles. The number of nitrogens with two attached hydrogens (primary N) is 1. The van der Waals surface area contributed by atoms with Crippen molar-refractivity contribution in [3.8, 4) is 5.75 Å². The summed E-state index contributed by atoms with van der Waals surface area (Å²) in [6.45, 7) is 0. The largest absolute Gasteiger partial charge is 0.495 e. The number of hydrogen-bond acceptors (Lipinski definition) is 4. The third-order valence-electron chi connectivity index (χ3n) is 5.81. The average molecular weight is 288 g/mol. The van der Waals surface area contributed by atoms with Gasteiger partial charge in [0.05, 0.1) is 18.4 Å². The zero-order valence-electron chi connectivity index (χ0n) is 12.5. The normalized spacial score (nSPS) is 40.3. The van der Waals surface area contributed by atoms with E-state index in [0.29, 0.717) is 23.6 Å². The van der Waals surface area contributed by atoms with Gasteiger partial charge in [0.25, 0.3) is 0 Å². The summed E-state index contributed by atoms with van der Waals surface area (Å²) < 4.78 is 5.30. The number of aliphatic hydroxyl groups is 1. The van der Waals surface area contributed by atoms with E-state index in [2.05, 4.69) is 5.32 Å². The molecule has 0 saturated heterocycles. The van der Waals surface area contributed by atoms with Crippen LogP contribution in [0.5, 0.6) is 5.75 Å². The van der Waals surface area contributed by atoms with Crippen molar-refractivity contribution < 1.29 is 9.84 Å². The average Bonchev–Trinajstić information content (AvgIpc) is 2.42. The zero-order chi connectivity index (χ0) is 14.6. The van der Waals surface area contributed by atoms with Gasteiger partial charge in [-0.05, 0) is 62.0 Å². The number of rotatable bonds is 3. The van der Waals surface area contributed by atoms with Crippen LogP contribution in [-0.4, -0.2) is 23.9 Å². The molecule has 4 N–H and O–H groups in total. The molecule has 2 unspecified atom stereocenters. The molecule has 4 bridgehead atoms. The lowest BCUT2D eigenvalue weighted by Gasteiger charge is -2.58. The summed E-state index contributed by atoms with van der Waals surface area (Å²) in [5.74, 6) is 2.67. The number of nitrogen functional groups attached to an aromatic ring is 1. The first-order chi connectivity index (χ1) is 10.1. The number of benzene rings is 1. The molecule has 1 aromatic rings. The summed E-state index contributed by atoms with van der Waals surface area (Å²) in [5, 5.41) is 14.3. The van der Waals surface area contributed by atoms with Crippen molar-refractivity contribution in [2.45, 2.75) is 43.7 Å². The molecule has 4 aliphatic rings. The quantitative estimate of drug-likeness (QED) is 0.748. The molecule has 4 heteroatoms. The third-order valence-corrected chi connectivity index (χ3v) is 5.81. The van der Waals surface area contributed by atoms with E-state index in [-0.39, 0.29) is 5.60 Å². The second-order valence-electron chi connectivity index (χ2n) is 7.32. The fourth-order valence-corrected chi connectivity index (χ4v) is 5.21. The lowest BCUT2D eigenvalue weighted by atomic mass is 9.52. The van der Waals surface area contributed by atoms with Crippen molar-refractivity contribution in [2.75, 3.05) is 18.2 Å². The molecule has 0 heterocycles. The van der Waals surface area contributed by atoms with Crippen LogP contribution < -0.4 is 15.8 Å². The molecule has 4 aliphatic carbocycles. The van der Waals surface area contributed by atoms with Gasteiger partial charge in [0.1, 0.15) is 5.75 Å². The van der Waals surface area contributed by atoms with Gasteiger partial charge < -0.3 is 20.9 Å². The monoisotopic (exact) mass is 288 g/mol. The van der Waals surface area contributed by atoms with E-state index < -0.39 is 0 Å². The first-order valence-electron chi connectivity index (χ1n) is 7.99. The van der Waals surface area contributed by atoms with Gasteiger partial charge in [-0.25, -0.2) is 0 Å². The third kappa shape index (κ3) is 2.16. The molecule has 0 aliphatic heterocycles. The highest BCUT2D eigenvalue weighted by Crippen LogP contribution is 2.56. The maximum Gasteiger partial charge on any atom is 0.143 e. The van der Waals surface area contributed by atoms with E-state index in [4.69, 9.17) is 10.5 Å². The number of nitrogens with one attached hydrogen (secondary N) is 1. The van der Waals surface area contributed by atoms with Crippen LogP contribution in [0.15, 0.2) is 18.2 Å². The van der Waals surface area contributed by atoms with Crippen molar-refractivity contribution >= 4 is 11.4 Å². The second kappa shape index (κ2) is 4.54. The predicted molar refractivity (Wildman–Crippen MR) is 83.3 cm³/mol. The van der Waals surface area contributed by atoms with E-state index in [1.54, 1.807) is 7.11 Å². The molecule has 21 heavy (non-hydrogen) atoms. The Morgan fingerprint density at radius 1 is 1.24 bits per heavy atom. The van der Waals surface area contributed by atoms with E-state index in [0.717, 1.165) is 36.6 Å². The molecule has 4 nitrogen and oxygen atoms in total. The molecule has 4 fully saturated rings. The minimum Gasteiger partial charge on any atom is -0.495 e. The second-order valence-corrected chi connectivity index (χ2v) is 7.32. The SMILES string of the molecule is COc1cc(N[C@H]2C3CC4CC2C[C@](O)(C4)C3)ccc1N. The van der Waals surface area contributed by atoms with Crippen molar-refractivity contribution in [1.29, 1.82) is 0 Å². The van der Waals surface area contributed by atoms with E-state index in [9.17, 15) is 5.11 Å². The van der Waals surface area contributed by atoms with Crippen LogP contribution in [0, 0.1) is 17.8 Å². The van der Waals surface area contributed by atoms with Gasteiger partial charge in [0.15, 0.2) is 0 Å². The summed E-state index contributed by atoms with van der Waals surface area (Å²) in [7, 11) is 1.65. The van der Waals surface area contributed by atoms with Crippen molar-refractivity contribution in [2.24, 2.45) is 17.8 Å². The summed E-state index contributed by atoms with van der Waals surface area (Å²) >= 11 is 0. The Balaban J connectivity index is 1.55. The first kappa shape index (κ1) is 13.3. The van der Waals surface area contributed by atoms with E-state index >= 15 is 0 Å².